The minimum atomic E-state index is 1.13. The smallest absolute Gasteiger partial charge is 0.0541 e. The number of benzene rings is 12. The summed E-state index contributed by atoms with van der Waals surface area (Å²) in [6.07, 6.45) is 0. The Bertz CT molecular complexity index is 4180. The molecule has 14 aromatic rings. The van der Waals surface area contributed by atoms with Crippen LogP contribution in [0.5, 0.6) is 0 Å². The highest BCUT2D eigenvalue weighted by atomic mass is 15.0. The lowest BCUT2D eigenvalue weighted by Crippen LogP contribution is -1.99. The number of nitrogens with zero attached hydrogens (tertiary/aromatic N) is 2. The molecule has 0 aliphatic carbocycles. The zero-order valence-corrected chi connectivity index (χ0v) is 36.0. The molecule has 0 aliphatic rings. The van der Waals surface area contributed by atoms with Gasteiger partial charge in [-0.05, 0) is 131 Å². The highest BCUT2D eigenvalue weighted by Gasteiger charge is 2.23. The van der Waals surface area contributed by atoms with E-state index in [1.54, 1.807) is 0 Å². The van der Waals surface area contributed by atoms with Crippen LogP contribution in [0.4, 0.5) is 0 Å². The molecule has 0 aliphatic heterocycles. The van der Waals surface area contributed by atoms with Crippen molar-refractivity contribution in [1.29, 1.82) is 0 Å². The first kappa shape index (κ1) is 36.7. The van der Waals surface area contributed by atoms with Crippen LogP contribution >= 0.6 is 0 Å². The van der Waals surface area contributed by atoms with E-state index >= 15 is 0 Å². The second kappa shape index (κ2) is 14.4. The Balaban J connectivity index is 1.16. The molecule has 2 heterocycles. The van der Waals surface area contributed by atoms with Crippen molar-refractivity contribution in [3.63, 3.8) is 0 Å². The van der Waals surface area contributed by atoms with Crippen molar-refractivity contribution in [2.75, 3.05) is 0 Å². The Morgan fingerprint density at radius 2 is 0.636 bits per heavy atom. The van der Waals surface area contributed by atoms with Gasteiger partial charge in [-0.15, -0.1) is 0 Å². The molecule has 0 saturated heterocycles. The van der Waals surface area contributed by atoms with Gasteiger partial charge < -0.3 is 9.13 Å². The number of fused-ring (bicyclic) bond motifs is 10. The molecular weight excluding hydrogens is 797 g/mol. The van der Waals surface area contributed by atoms with Crippen LogP contribution in [-0.2, 0) is 0 Å². The topological polar surface area (TPSA) is 9.86 Å². The van der Waals surface area contributed by atoms with Crippen LogP contribution in [0.25, 0.3) is 131 Å². The van der Waals surface area contributed by atoms with Gasteiger partial charge in [0.1, 0.15) is 0 Å². The van der Waals surface area contributed by atoms with E-state index in [0.717, 1.165) is 11.4 Å². The largest absolute Gasteiger partial charge is 0.309 e. The molecule has 0 fully saturated rings. The van der Waals surface area contributed by atoms with Crippen LogP contribution in [0.15, 0.2) is 243 Å². The molecule has 0 amide bonds. The predicted molar refractivity (Wildman–Crippen MR) is 281 cm³/mol. The molecule has 2 aromatic heterocycles. The average molecular weight is 837 g/mol. The Morgan fingerprint density at radius 1 is 0.212 bits per heavy atom. The SMILES string of the molecule is c1ccc(-c2c3ccc(-n4c5ccccc5c5ccccc54)cc3c(-c3ccc4ccccc4c3)c3ccc(-n4c5ccccc5c5ccccc54)cc23)c(-c2cccc3ccccc23)c1. The lowest BCUT2D eigenvalue weighted by molar-refractivity contribution is 1.18. The lowest BCUT2D eigenvalue weighted by atomic mass is 9.82. The van der Waals surface area contributed by atoms with Crippen molar-refractivity contribution in [1.82, 2.24) is 9.13 Å². The van der Waals surface area contributed by atoms with Crippen LogP contribution < -0.4 is 0 Å². The third kappa shape index (κ3) is 5.42. The molecular formula is C64H40N2. The van der Waals surface area contributed by atoms with E-state index in [2.05, 4.69) is 252 Å². The van der Waals surface area contributed by atoms with Gasteiger partial charge in [0.15, 0.2) is 0 Å². The van der Waals surface area contributed by atoms with Crippen molar-refractivity contribution >= 4 is 86.7 Å². The second-order valence-electron chi connectivity index (χ2n) is 17.6. The zero-order chi connectivity index (χ0) is 43.3. The highest BCUT2D eigenvalue weighted by molar-refractivity contribution is 6.24. The number of rotatable bonds is 5. The zero-order valence-electron chi connectivity index (χ0n) is 36.0. The van der Waals surface area contributed by atoms with Gasteiger partial charge in [-0.2, -0.15) is 0 Å². The minimum absolute atomic E-state index is 1.13. The third-order valence-corrected chi connectivity index (χ3v) is 14.1. The summed E-state index contributed by atoms with van der Waals surface area (Å²) in [7, 11) is 0. The van der Waals surface area contributed by atoms with Crippen molar-refractivity contribution in [2.24, 2.45) is 0 Å². The predicted octanol–water partition coefficient (Wildman–Crippen LogP) is 17.5. The molecule has 0 radical (unpaired) electrons. The lowest BCUT2D eigenvalue weighted by Gasteiger charge is -2.22. The summed E-state index contributed by atoms with van der Waals surface area (Å²) in [6, 6.07) is 90.0. The molecule has 2 heteroatoms. The van der Waals surface area contributed by atoms with E-state index in [0.29, 0.717) is 0 Å². The van der Waals surface area contributed by atoms with E-state index in [9.17, 15) is 0 Å². The maximum absolute atomic E-state index is 2.47. The third-order valence-electron chi connectivity index (χ3n) is 14.1. The fourth-order valence-electron chi connectivity index (χ4n) is 11.2. The van der Waals surface area contributed by atoms with E-state index in [4.69, 9.17) is 0 Å². The van der Waals surface area contributed by atoms with Crippen LogP contribution in [0.1, 0.15) is 0 Å². The molecule has 0 saturated carbocycles. The first-order chi connectivity index (χ1) is 32.8. The molecule has 0 spiro atoms. The molecule has 12 aromatic carbocycles. The van der Waals surface area contributed by atoms with E-state index in [-0.39, 0.29) is 0 Å². The van der Waals surface area contributed by atoms with Crippen LogP contribution in [-0.4, -0.2) is 9.13 Å². The summed E-state index contributed by atoms with van der Waals surface area (Å²) in [4.78, 5) is 0. The number of hydrogen-bond donors (Lipinski definition) is 0. The van der Waals surface area contributed by atoms with Gasteiger partial charge in [0.2, 0.25) is 0 Å². The number of hydrogen-bond acceptors (Lipinski definition) is 0. The normalized spacial score (nSPS) is 11.9. The minimum Gasteiger partial charge on any atom is -0.309 e. The maximum atomic E-state index is 2.47. The average Bonchev–Trinajstić information content (AvgIpc) is 3.90. The van der Waals surface area contributed by atoms with Gasteiger partial charge in [0.05, 0.1) is 22.1 Å². The molecule has 0 N–H and O–H groups in total. The first-order valence-corrected chi connectivity index (χ1v) is 22.8. The molecule has 66 heavy (non-hydrogen) atoms. The van der Waals surface area contributed by atoms with Crippen molar-refractivity contribution in [2.45, 2.75) is 0 Å². The van der Waals surface area contributed by atoms with Crippen LogP contribution in [0, 0.1) is 0 Å². The van der Waals surface area contributed by atoms with Gasteiger partial charge in [-0.25, -0.2) is 0 Å². The molecule has 0 bridgehead atoms. The molecule has 306 valence electrons. The summed E-state index contributed by atoms with van der Waals surface area (Å²) in [5.74, 6) is 0. The van der Waals surface area contributed by atoms with Crippen molar-refractivity contribution in [3.8, 4) is 44.8 Å². The summed E-state index contributed by atoms with van der Waals surface area (Å²) in [5, 5.41) is 14.8. The Kier molecular flexibility index (Phi) is 8.02. The Morgan fingerprint density at radius 3 is 1.23 bits per heavy atom. The van der Waals surface area contributed by atoms with Gasteiger partial charge in [0.25, 0.3) is 0 Å². The van der Waals surface area contributed by atoms with Gasteiger partial charge in [-0.3, -0.25) is 0 Å². The molecule has 0 atom stereocenters. The summed E-state index contributed by atoms with van der Waals surface area (Å²) in [5.41, 5.74) is 14.4. The summed E-state index contributed by atoms with van der Waals surface area (Å²) < 4.78 is 4.91. The molecule has 2 nitrogen and oxygen atoms in total. The Labute approximate surface area is 381 Å². The van der Waals surface area contributed by atoms with Crippen LogP contribution in [0.2, 0.25) is 0 Å². The fraction of sp³-hybridized carbons (Fsp3) is 0. The molecule has 14 rings (SSSR count). The second-order valence-corrected chi connectivity index (χ2v) is 17.6. The van der Waals surface area contributed by atoms with Gasteiger partial charge in [0, 0.05) is 32.9 Å². The van der Waals surface area contributed by atoms with E-state index < -0.39 is 0 Å². The maximum Gasteiger partial charge on any atom is 0.0541 e. The quantitative estimate of drug-likeness (QED) is 0.153. The van der Waals surface area contributed by atoms with Crippen LogP contribution in [0.3, 0.4) is 0 Å². The highest BCUT2D eigenvalue weighted by Crippen LogP contribution is 2.49. The van der Waals surface area contributed by atoms with E-state index in [1.165, 1.54) is 120 Å². The standard InChI is InChI=1S/C64H40N2/c1-2-18-43-38-44(33-32-41(43)16-1)63-55-36-34-46(66-61-30-13-9-24-52(61)53-25-10-14-31-62(53)66)40-58(55)64(54-26-6-5-21-49(54)48-27-15-19-42-17-3-4-20-47(42)48)56-37-35-45(39-57(56)63)65-59-28-11-7-22-50(59)51-23-8-12-29-60(51)65/h1-40H. The van der Waals surface area contributed by atoms with Crippen molar-refractivity contribution in [3.05, 3.63) is 243 Å². The monoisotopic (exact) mass is 836 g/mol. The first-order valence-electron chi connectivity index (χ1n) is 22.8. The summed E-state index contributed by atoms with van der Waals surface area (Å²) in [6.45, 7) is 0. The number of aromatic nitrogens is 2. The summed E-state index contributed by atoms with van der Waals surface area (Å²) >= 11 is 0. The van der Waals surface area contributed by atoms with Crippen molar-refractivity contribution < 1.29 is 0 Å². The fourth-order valence-corrected chi connectivity index (χ4v) is 11.2. The number of para-hydroxylation sites is 4. The molecule has 0 unspecified atom stereocenters. The van der Waals surface area contributed by atoms with E-state index in [1.807, 2.05) is 0 Å². The van der Waals surface area contributed by atoms with Gasteiger partial charge in [-0.1, -0.05) is 188 Å². The van der Waals surface area contributed by atoms with Gasteiger partial charge >= 0.3 is 0 Å². The Hall–Kier alpha value is -8.72.